The third-order valence-corrected chi connectivity index (χ3v) is 2.24. The van der Waals surface area contributed by atoms with Crippen molar-refractivity contribution in [1.29, 1.82) is 0 Å². The Morgan fingerprint density at radius 3 is 2.75 bits per heavy atom. The van der Waals surface area contributed by atoms with Gasteiger partial charge in [-0.05, 0) is 12.1 Å². The van der Waals surface area contributed by atoms with Gasteiger partial charge in [0.1, 0.15) is 0 Å². The number of carbonyl (C=O) groups is 1. The molecule has 0 radical (unpaired) electrons. The molecule has 0 saturated heterocycles. The molecule has 0 fully saturated rings. The van der Waals surface area contributed by atoms with Crippen LogP contribution in [0.5, 0.6) is 0 Å². The summed E-state index contributed by atoms with van der Waals surface area (Å²) in [5.74, 6) is -0.432. The number of hydrogen-bond acceptors (Lipinski definition) is 3. The van der Waals surface area contributed by atoms with E-state index in [-0.39, 0.29) is 12.0 Å². The van der Waals surface area contributed by atoms with Crippen LogP contribution in [0.3, 0.4) is 0 Å². The van der Waals surface area contributed by atoms with Gasteiger partial charge in [0.25, 0.3) is 5.56 Å². The molecule has 4 nitrogen and oxygen atoms in total. The maximum atomic E-state index is 11.6. The summed E-state index contributed by atoms with van der Waals surface area (Å²) in [6.45, 7) is 1.68. The fourth-order valence-electron chi connectivity index (χ4n) is 1.42. The second-order valence-electron chi connectivity index (χ2n) is 3.34. The summed E-state index contributed by atoms with van der Waals surface area (Å²) < 4.78 is 1.03. The maximum absolute atomic E-state index is 11.6. The van der Waals surface area contributed by atoms with Gasteiger partial charge in [0.15, 0.2) is 0 Å². The summed E-state index contributed by atoms with van der Waals surface area (Å²) >= 11 is 0. The van der Waals surface area contributed by atoms with Crippen LogP contribution in [0, 0.1) is 0 Å². The molecule has 1 aromatic heterocycles. The number of benzene rings is 1. The molecule has 0 aliphatic heterocycles. The number of pyridine rings is 1. The first kappa shape index (κ1) is 10.4. The molecule has 2 aromatic rings. The summed E-state index contributed by atoms with van der Waals surface area (Å²) in [7, 11) is 0. The average Bonchev–Trinajstić information content (AvgIpc) is 2.32. The summed E-state index contributed by atoms with van der Waals surface area (Å²) in [5, 5.41) is 0.853. The predicted molar refractivity (Wildman–Crippen MR) is 60.1 cm³/mol. The van der Waals surface area contributed by atoms with Gasteiger partial charge < -0.3 is 4.84 Å². The molecule has 2 rings (SSSR count). The van der Waals surface area contributed by atoms with E-state index in [9.17, 15) is 9.59 Å². The van der Waals surface area contributed by atoms with E-state index in [1.54, 1.807) is 25.1 Å². The fourth-order valence-corrected chi connectivity index (χ4v) is 1.42. The summed E-state index contributed by atoms with van der Waals surface area (Å²) in [5.41, 5.74) is 0.248. The summed E-state index contributed by atoms with van der Waals surface area (Å²) in [6, 6.07) is 10.3. The lowest BCUT2D eigenvalue weighted by Gasteiger charge is -2.08. The Kier molecular flexibility index (Phi) is 2.72. The van der Waals surface area contributed by atoms with E-state index in [4.69, 9.17) is 4.84 Å². The molecule has 0 saturated carbocycles. The fraction of sp³-hybridized carbons (Fsp3) is 0.167. The Bertz CT molecular complexity index is 586. The van der Waals surface area contributed by atoms with Crippen molar-refractivity contribution in [3.05, 3.63) is 46.8 Å². The number of rotatable bonds is 2. The number of hydrogen-bond donors (Lipinski definition) is 0. The van der Waals surface area contributed by atoms with Gasteiger partial charge in [0, 0.05) is 17.9 Å². The maximum Gasteiger partial charge on any atom is 0.332 e. The molecule has 82 valence electrons. The minimum absolute atomic E-state index is 0.232. The van der Waals surface area contributed by atoms with E-state index in [0.29, 0.717) is 5.52 Å². The minimum atomic E-state index is -0.432. The summed E-state index contributed by atoms with van der Waals surface area (Å²) in [6.07, 6.45) is 0.232. The van der Waals surface area contributed by atoms with Gasteiger partial charge in [-0.25, -0.2) is 4.79 Å². The normalized spacial score (nSPS) is 10.3. The molecule has 16 heavy (non-hydrogen) atoms. The van der Waals surface area contributed by atoms with Crippen molar-refractivity contribution in [3.8, 4) is 0 Å². The molecule has 0 aliphatic carbocycles. The van der Waals surface area contributed by atoms with Gasteiger partial charge in [0.2, 0.25) is 0 Å². The Hall–Kier alpha value is -2.10. The lowest BCUT2D eigenvalue weighted by Crippen LogP contribution is -2.30. The van der Waals surface area contributed by atoms with Crippen LogP contribution in [0.4, 0.5) is 0 Å². The van der Waals surface area contributed by atoms with E-state index in [1.165, 1.54) is 6.07 Å². The van der Waals surface area contributed by atoms with E-state index in [1.807, 2.05) is 12.1 Å². The van der Waals surface area contributed by atoms with Crippen molar-refractivity contribution in [1.82, 2.24) is 4.73 Å². The first-order chi connectivity index (χ1) is 7.72. The largest absolute Gasteiger partial charge is 0.333 e. The summed E-state index contributed by atoms with van der Waals surface area (Å²) in [4.78, 5) is 27.7. The van der Waals surface area contributed by atoms with Crippen LogP contribution in [0.1, 0.15) is 13.3 Å². The molecule has 0 aliphatic rings. The van der Waals surface area contributed by atoms with Crippen molar-refractivity contribution < 1.29 is 9.63 Å². The van der Waals surface area contributed by atoms with Crippen LogP contribution in [0.25, 0.3) is 10.9 Å². The Labute approximate surface area is 92.0 Å². The third-order valence-electron chi connectivity index (χ3n) is 2.24. The van der Waals surface area contributed by atoms with Crippen LogP contribution >= 0.6 is 0 Å². The standard InChI is InChI=1S/C12H11NO3/c1-2-12(15)16-13-10-6-4-3-5-9(10)7-8-11(13)14/h3-8H,2H2,1H3. The Balaban J connectivity index is 2.61. The van der Waals surface area contributed by atoms with Crippen molar-refractivity contribution in [3.63, 3.8) is 0 Å². The molecule has 0 atom stereocenters. The molecular weight excluding hydrogens is 206 g/mol. The van der Waals surface area contributed by atoms with Crippen molar-refractivity contribution in [2.45, 2.75) is 13.3 Å². The van der Waals surface area contributed by atoms with Crippen molar-refractivity contribution >= 4 is 16.9 Å². The molecule has 1 aromatic carbocycles. The van der Waals surface area contributed by atoms with E-state index >= 15 is 0 Å². The minimum Gasteiger partial charge on any atom is -0.333 e. The predicted octanol–water partition coefficient (Wildman–Crippen LogP) is 1.37. The molecule has 0 bridgehead atoms. The lowest BCUT2D eigenvalue weighted by molar-refractivity contribution is -0.143. The SMILES string of the molecule is CCC(=O)On1c(=O)ccc2ccccc21. The van der Waals surface area contributed by atoms with Crippen LogP contribution < -0.4 is 10.4 Å². The number of aromatic nitrogens is 1. The molecule has 0 amide bonds. The second kappa shape index (κ2) is 4.18. The lowest BCUT2D eigenvalue weighted by atomic mass is 10.2. The zero-order valence-electron chi connectivity index (χ0n) is 8.84. The first-order valence-corrected chi connectivity index (χ1v) is 5.04. The smallest absolute Gasteiger partial charge is 0.332 e. The van der Waals surface area contributed by atoms with Gasteiger partial charge in [-0.15, -0.1) is 4.73 Å². The highest BCUT2D eigenvalue weighted by atomic mass is 16.7. The molecule has 0 N–H and O–H groups in total. The van der Waals surface area contributed by atoms with E-state index < -0.39 is 5.97 Å². The quantitative estimate of drug-likeness (QED) is 0.763. The first-order valence-electron chi connectivity index (χ1n) is 5.04. The van der Waals surface area contributed by atoms with Gasteiger partial charge in [-0.3, -0.25) is 4.79 Å². The Morgan fingerprint density at radius 1 is 1.25 bits per heavy atom. The zero-order valence-corrected chi connectivity index (χ0v) is 8.84. The number of fused-ring (bicyclic) bond motifs is 1. The van der Waals surface area contributed by atoms with Gasteiger partial charge in [-0.2, -0.15) is 0 Å². The monoisotopic (exact) mass is 217 g/mol. The molecular formula is C12H11NO3. The second-order valence-corrected chi connectivity index (χ2v) is 3.34. The van der Waals surface area contributed by atoms with Crippen molar-refractivity contribution in [2.75, 3.05) is 0 Å². The van der Waals surface area contributed by atoms with Gasteiger partial charge in [-0.1, -0.05) is 25.1 Å². The van der Waals surface area contributed by atoms with Crippen LogP contribution in [-0.4, -0.2) is 10.7 Å². The number of carbonyl (C=O) groups excluding carboxylic acids is 1. The average molecular weight is 217 g/mol. The number of nitrogens with zero attached hydrogens (tertiary/aromatic N) is 1. The van der Waals surface area contributed by atoms with Crippen LogP contribution in [0.15, 0.2) is 41.2 Å². The molecule has 4 heteroatoms. The molecule has 0 spiro atoms. The highest BCUT2D eigenvalue weighted by Gasteiger charge is 2.06. The van der Waals surface area contributed by atoms with E-state index in [0.717, 1.165) is 10.1 Å². The third kappa shape index (κ3) is 1.82. The van der Waals surface area contributed by atoms with E-state index in [2.05, 4.69) is 0 Å². The van der Waals surface area contributed by atoms with Crippen molar-refractivity contribution in [2.24, 2.45) is 0 Å². The van der Waals surface area contributed by atoms with Crippen LogP contribution in [0.2, 0.25) is 0 Å². The van der Waals surface area contributed by atoms with Gasteiger partial charge in [0.05, 0.1) is 5.52 Å². The molecule has 0 unspecified atom stereocenters. The van der Waals surface area contributed by atoms with Gasteiger partial charge >= 0.3 is 5.97 Å². The zero-order chi connectivity index (χ0) is 11.5. The topological polar surface area (TPSA) is 48.3 Å². The number of para-hydroxylation sites is 1. The highest BCUT2D eigenvalue weighted by Crippen LogP contribution is 2.09. The van der Waals surface area contributed by atoms with Crippen LogP contribution in [-0.2, 0) is 4.79 Å². The Morgan fingerprint density at radius 2 is 2.00 bits per heavy atom. The highest BCUT2D eigenvalue weighted by molar-refractivity contribution is 5.79. The molecule has 1 heterocycles.